The highest BCUT2D eigenvalue weighted by Gasteiger charge is 2.30. The van der Waals surface area contributed by atoms with Crippen molar-refractivity contribution < 1.29 is 28.7 Å². The zero-order chi connectivity index (χ0) is 29.1. The number of benzene rings is 1. The first-order valence-electron chi connectivity index (χ1n) is 13.4. The molecule has 1 aromatic heterocycles. The smallest absolute Gasteiger partial charge is 0.258 e. The highest BCUT2D eigenvalue weighted by atomic mass is 16.5. The Hall–Kier alpha value is -3.99. The van der Waals surface area contributed by atoms with Crippen molar-refractivity contribution in [1.29, 1.82) is 0 Å². The van der Waals surface area contributed by atoms with Crippen LogP contribution in [0.25, 0.3) is 0 Å². The topological polar surface area (TPSA) is 139 Å². The summed E-state index contributed by atoms with van der Waals surface area (Å²) in [5.41, 5.74) is 2.50. The molecule has 0 spiro atoms. The summed E-state index contributed by atoms with van der Waals surface area (Å²) in [6.07, 6.45) is 2.27. The van der Waals surface area contributed by atoms with Gasteiger partial charge >= 0.3 is 0 Å². The van der Waals surface area contributed by atoms with E-state index < -0.39 is 29.8 Å². The van der Waals surface area contributed by atoms with E-state index in [1.54, 1.807) is 30.5 Å². The predicted octanol–water partition coefficient (Wildman–Crippen LogP) is 1.13. The molecule has 2 atom stereocenters. The Kier molecular flexibility index (Phi) is 11.4. The van der Waals surface area contributed by atoms with Crippen LogP contribution in [0.1, 0.15) is 37.1 Å². The van der Waals surface area contributed by atoms with Gasteiger partial charge in [-0.05, 0) is 54.7 Å². The van der Waals surface area contributed by atoms with Crippen LogP contribution in [0.15, 0.2) is 42.6 Å². The largest absolute Gasteiger partial charge is 0.484 e. The molecule has 11 nitrogen and oxygen atoms in total. The molecular weight excluding hydrogens is 514 g/mol. The Morgan fingerprint density at radius 2 is 1.90 bits per heavy atom. The summed E-state index contributed by atoms with van der Waals surface area (Å²) < 4.78 is 10.8. The number of ether oxygens (including phenoxy) is 2. The summed E-state index contributed by atoms with van der Waals surface area (Å²) in [5, 5.41) is 8.46. The Morgan fingerprint density at radius 1 is 1.15 bits per heavy atom. The van der Waals surface area contributed by atoms with Gasteiger partial charge in [0.15, 0.2) is 6.61 Å². The third-order valence-electron chi connectivity index (χ3n) is 6.36. The lowest BCUT2D eigenvalue weighted by Crippen LogP contribution is -2.55. The number of aryl methyl sites for hydroxylation is 1. The second-order valence-electron chi connectivity index (χ2n) is 10.3. The SMILES string of the molecule is COCCN1CC(=O)N[C@@H](C(=O)NCc2ccnc(C)c2)Cc2ccc(cc2)OCC(=O)N[C@@H](CC(C)C)C1=O. The maximum Gasteiger partial charge on any atom is 0.258 e. The van der Waals surface area contributed by atoms with Crippen molar-refractivity contribution in [2.24, 2.45) is 5.92 Å². The Labute approximate surface area is 235 Å². The molecular formula is C29H39N5O6. The van der Waals surface area contributed by atoms with Gasteiger partial charge < -0.3 is 30.3 Å². The monoisotopic (exact) mass is 553 g/mol. The zero-order valence-corrected chi connectivity index (χ0v) is 23.6. The summed E-state index contributed by atoms with van der Waals surface area (Å²) in [5.74, 6) is -1.12. The molecule has 11 heteroatoms. The number of rotatable bonds is 8. The van der Waals surface area contributed by atoms with Crippen LogP contribution in [-0.4, -0.2) is 79.0 Å². The van der Waals surface area contributed by atoms with Crippen LogP contribution in [0.3, 0.4) is 0 Å². The van der Waals surface area contributed by atoms with Crippen molar-refractivity contribution in [3.05, 3.63) is 59.4 Å². The summed E-state index contributed by atoms with van der Waals surface area (Å²) in [4.78, 5) is 58.2. The average molecular weight is 554 g/mol. The van der Waals surface area contributed by atoms with Crippen LogP contribution in [-0.2, 0) is 36.9 Å². The van der Waals surface area contributed by atoms with E-state index >= 15 is 0 Å². The van der Waals surface area contributed by atoms with Crippen molar-refractivity contribution in [3.63, 3.8) is 0 Å². The van der Waals surface area contributed by atoms with Crippen LogP contribution >= 0.6 is 0 Å². The van der Waals surface area contributed by atoms with Gasteiger partial charge in [-0.3, -0.25) is 24.2 Å². The van der Waals surface area contributed by atoms with Crippen LogP contribution in [0.4, 0.5) is 0 Å². The molecule has 4 amide bonds. The number of fused-ring (bicyclic) bond motifs is 13. The van der Waals surface area contributed by atoms with E-state index in [9.17, 15) is 19.2 Å². The van der Waals surface area contributed by atoms with E-state index in [0.29, 0.717) is 12.2 Å². The predicted molar refractivity (Wildman–Crippen MR) is 148 cm³/mol. The minimum absolute atomic E-state index is 0.101. The van der Waals surface area contributed by atoms with Gasteiger partial charge in [-0.2, -0.15) is 0 Å². The first-order valence-corrected chi connectivity index (χ1v) is 13.4. The molecule has 2 aromatic rings. The second-order valence-corrected chi connectivity index (χ2v) is 10.3. The quantitative estimate of drug-likeness (QED) is 0.417. The third kappa shape index (κ3) is 9.64. The molecule has 2 bridgehead atoms. The first-order chi connectivity index (χ1) is 19.1. The highest BCUT2D eigenvalue weighted by molar-refractivity contribution is 5.93. The molecule has 3 heterocycles. The molecule has 1 aromatic carbocycles. The van der Waals surface area contributed by atoms with Crippen molar-refractivity contribution in [3.8, 4) is 5.75 Å². The van der Waals surface area contributed by atoms with Gasteiger partial charge in [0.2, 0.25) is 17.7 Å². The maximum atomic E-state index is 13.5. The summed E-state index contributed by atoms with van der Waals surface area (Å²) in [6.45, 7) is 5.81. The Morgan fingerprint density at radius 3 is 2.58 bits per heavy atom. The first kappa shape index (κ1) is 30.6. The molecule has 2 aliphatic heterocycles. The number of amides is 4. The number of nitrogens with zero attached hydrogens (tertiary/aromatic N) is 2. The lowest BCUT2D eigenvalue weighted by Gasteiger charge is -2.29. The molecule has 0 radical (unpaired) electrons. The number of pyridine rings is 1. The van der Waals surface area contributed by atoms with Crippen molar-refractivity contribution >= 4 is 23.6 Å². The second kappa shape index (κ2) is 15.0. The maximum absolute atomic E-state index is 13.5. The fourth-order valence-corrected chi connectivity index (χ4v) is 4.37. The molecule has 0 aliphatic carbocycles. The lowest BCUT2D eigenvalue weighted by atomic mass is 10.0. The molecule has 216 valence electrons. The lowest BCUT2D eigenvalue weighted by molar-refractivity contribution is -0.141. The standard InChI is InChI=1S/C29H39N5O6/c1-19(2)13-25-29(38)34(11-12-39-4)17-26(35)32-24(28(37)31-16-22-9-10-30-20(3)14-22)15-21-5-7-23(8-6-21)40-18-27(36)33-25/h5-10,14,19,24-25H,11-13,15-18H2,1-4H3,(H,31,37)(H,32,35)(H,33,36)/t24-,25+/m1/s1. The van der Waals surface area contributed by atoms with Crippen LogP contribution in [0.2, 0.25) is 0 Å². The summed E-state index contributed by atoms with van der Waals surface area (Å²) in [6, 6.07) is 8.93. The van der Waals surface area contributed by atoms with Crippen LogP contribution < -0.4 is 20.7 Å². The van der Waals surface area contributed by atoms with Crippen LogP contribution in [0, 0.1) is 12.8 Å². The molecule has 3 N–H and O–H groups in total. The molecule has 2 aliphatic rings. The number of methoxy groups -OCH3 is 1. The molecule has 0 saturated carbocycles. The van der Waals surface area contributed by atoms with E-state index in [-0.39, 0.29) is 51.1 Å². The van der Waals surface area contributed by atoms with Gasteiger partial charge in [0.25, 0.3) is 5.91 Å². The van der Waals surface area contributed by atoms with E-state index in [1.165, 1.54) is 12.0 Å². The van der Waals surface area contributed by atoms with Crippen molar-refractivity contribution in [2.45, 2.75) is 52.2 Å². The molecule has 0 unspecified atom stereocenters. The van der Waals surface area contributed by atoms with Crippen molar-refractivity contribution in [2.75, 3.05) is 33.4 Å². The Balaban J connectivity index is 1.86. The highest BCUT2D eigenvalue weighted by Crippen LogP contribution is 2.15. The van der Waals surface area contributed by atoms with Gasteiger partial charge in [-0.1, -0.05) is 26.0 Å². The summed E-state index contributed by atoms with van der Waals surface area (Å²) >= 11 is 0. The number of hydrogen-bond donors (Lipinski definition) is 3. The fraction of sp³-hybridized carbons (Fsp3) is 0.483. The van der Waals surface area contributed by atoms with Gasteiger partial charge in [0.1, 0.15) is 17.8 Å². The van der Waals surface area contributed by atoms with Crippen LogP contribution in [0.5, 0.6) is 5.75 Å². The fourth-order valence-electron chi connectivity index (χ4n) is 4.37. The minimum Gasteiger partial charge on any atom is -0.484 e. The van der Waals surface area contributed by atoms with E-state index in [0.717, 1.165) is 16.8 Å². The van der Waals surface area contributed by atoms with E-state index in [2.05, 4.69) is 20.9 Å². The van der Waals surface area contributed by atoms with Gasteiger partial charge in [0.05, 0.1) is 13.2 Å². The van der Waals surface area contributed by atoms with Gasteiger partial charge in [0, 0.05) is 38.5 Å². The Bertz CT molecular complexity index is 1170. The number of aromatic nitrogens is 1. The number of hydrogen-bond acceptors (Lipinski definition) is 7. The van der Waals surface area contributed by atoms with Crippen molar-refractivity contribution in [1.82, 2.24) is 25.8 Å². The molecule has 0 fully saturated rings. The minimum atomic E-state index is -0.888. The summed E-state index contributed by atoms with van der Waals surface area (Å²) in [7, 11) is 1.50. The van der Waals surface area contributed by atoms with Gasteiger partial charge in [-0.25, -0.2) is 0 Å². The van der Waals surface area contributed by atoms with E-state index in [4.69, 9.17) is 9.47 Å². The number of carbonyl (C=O) groups is 4. The molecule has 0 saturated heterocycles. The number of carbonyl (C=O) groups excluding carboxylic acids is 4. The van der Waals surface area contributed by atoms with E-state index in [1.807, 2.05) is 32.9 Å². The third-order valence-corrected chi connectivity index (χ3v) is 6.36. The average Bonchev–Trinajstić information content (AvgIpc) is 2.91. The normalized spacial score (nSPS) is 18.7. The zero-order valence-electron chi connectivity index (χ0n) is 23.6. The molecule has 4 rings (SSSR count). The molecule has 40 heavy (non-hydrogen) atoms. The number of nitrogens with one attached hydrogen (secondary N) is 3. The van der Waals surface area contributed by atoms with Gasteiger partial charge in [-0.15, -0.1) is 0 Å².